The van der Waals surface area contributed by atoms with Crippen LogP contribution < -0.4 is 0 Å². The van der Waals surface area contributed by atoms with E-state index in [0.29, 0.717) is 11.8 Å². The molecule has 62 valence electrons. The van der Waals surface area contributed by atoms with Gasteiger partial charge in [-0.3, -0.25) is 0 Å². The highest BCUT2D eigenvalue weighted by atomic mass is 15.5. The number of nitrogens with one attached hydrogen (secondary N) is 1. The summed E-state index contributed by atoms with van der Waals surface area (Å²) >= 11 is 0. The van der Waals surface area contributed by atoms with Crippen molar-refractivity contribution in [2.45, 2.75) is 33.1 Å². The van der Waals surface area contributed by atoms with Crippen molar-refractivity contribution in [3.05, 3.63) is 5.82 Å². The summed E-state index contributed by atoms with van der Waals surface area (Å²) in [4.78, 5) is 0. The Labute approximate surface area is 66.4 Å². The molecule has 0 fully saturated rings. The minimum Gasteiger partial charge on any atom is -0.177 e. The Hall–Kier alpha value is -0.930. The summed E-state index contributed by atoms with van der Waals surface area (Å²) in [6, 6.07) is 0. The van der Waals surface area contributed by atoms with Crippen LogP contribution >= 0.6 is 0 Å². The third kappa shape index (κ3) is 1.76. The average molecular weight is 154 g/mol. The van der Waals surface area contributed by atoms with Crippen LogP contribution in [0.25, 0.3) is 0 Å². The molecule has 0 spiro atoms. The van der Waals surface area contributed by atoms with E-state index in [0.717, 1.165) is 12.2 Å². The van der Waals surface area contributed by atoms with Gasteiger partial charge in [-0.05, 0) is 5.92 Å². The molecule has 1 aromatic heterocycles. The lowest BCUT2D eigenvalue weighted by Crippen LogP contribution is -2.06. The zero-order valence-electron chi connectivity index (χ0n) is 7.20. The SMILES string of the molecule is CCC(C)C(C)c1nn[nH]n1. The van der Waals surface area contributed by atoms with Crippen molar-refractivity contribution < 1.29 is 0 Å². The molecule has 0 saturated carbocycles. The van der Waals surface area contributed by atoms with E-state index in [9.17, 15) is 0 Å². The molecule has 1 N–H and O–H groups in total. The van der Waals surface area contributed by atoms with Crippen molar-refractivity contribution in [3.63, 3.8) is 0 Å². The topological polar surface area (TPSA) is 54.5 Å². The third-order valence-corrected chi connectivity index (χ3v) is 2.27. The lowest BCUT2D eigenvalue weighted by atomic mass is 9.93. The van der Waals surface area contributed by atoms with E-state index < -0.39 is 0 Å². The normalized spacial score (nSPS) is 16.3. The van der Waals surface area contributed by atoms with E-state index in [1.54, 1.807) is 0 Å². The zero-order chi connectivity index (χ0) is 8.27. The van der Waals surface area contributed by atoms with Crippen molar-refractivity contribution in [1.29, 1.82) is 0 Å². The molecular weight excluding hydrogens is 140 g/mol. The van der Waals surface area contributed by atoms with Crippen LogP contribution in [0.3, 0.4) is 0 Å². The molecule has 0 aliphatic heterocycles. The molecule has 1 aromatic rings. The van der Waals surface area contributed by atoms with Gasteiger partial charge >= 0.3 is 0 Å². The molecule has 0 amide bonds. The lowest BCUT2D eigenvalue weighted by molar-refractivity contribution is 0.455. The van der Waals surface area contributed by atoms with Crippen LogP contribution in [0.2, 0.25) is 0 Å². The van der Waals surface area contributed by atoms with Crippen molar-refractivity contribution in [3.8, 4) is 0 Å². The molecule has 0 radical (unpaired) electrons. The summed E-state index contributed by atoms with van der Waals surface area (Å²) < 4.78 is 0. The Kier molecular flexibility index (Phi) is 2.57. The fourth-order valence-corrected chi connectivity index (χ4v) is 0.970. The Morgan fingerprint density at radius 2 is 2.18 bits per heavy atom. The van der Waals surface area contributed by atoms with Crippen LogP contribution in [-0.2, 0) is 0 Å². The fourth-order valence-electron chi connectivity index (χ4n) is 0.970. The molecule has 0 aromatic carbocycles. The molecular formula is C7H14N4. The van der Waals surface area contributed by atoms with Crippen LogP contribution in [-0.4, -0.2) is 20.6 Å². The van der Waals surface area contributed by atoms with Gasteiger partial charge < -0.3 is 0 Å². The van der Waals surface area contributed by atoms with Crippen LogP contribution in [0, 0.1) is 5.92 Å². The van der Waals surface area contributed by atoms with E-state index in [1.807, 2.05) is 0 Å². The third-order valence-electron chi connectivity index (χ3n) is 2.27. The van der Waals surface area contributed by atoms with Crippen LogP contribution in [0.5, 0.6) is 0 Å². The Morgan fingerprint density at radius 1 is 1.45 bits per heavy atom. The molecule has 1 rings (SSSR count). The van der Waals surface area contributed by atoms with Gasteiger partial charge in [0.2, 0.25) is 0 Å². The predicted molar refractivity (Wildman–Crippen MR) is 42.0 cm³/mol. The fraction of sp³-hybridized carbons (Fsp3) is 0.857. The Morgan fingerprint density at radius 3 is 2.64 bits per heavy atom. The molecule has 1 heterocycles. The number of hydrogen-bond donors (Lipinski definition) is 1. The van der Waals surface area contributed by atoms with Crippen LogP contribution in [0.1, 0.15) is 38.9 Å². The minimum absolute atomic E-state index is 0.402. The van der Waals surface area contributed by atoms with E-state index in [-0.39, 0.29) is 0 Å². The second kappa shape index (κ2) is 3.46. The van der Waals surface area contributed by atoms with E-state index in [1.165, 1.54) is 0 Å². The van der Waals surface area contributed by atoms with Gasteiger partial charge in [-0.25, -0.2) is 0 Å². The molecule has 2 atom stereocenters. The molecule has 4 nitrogen and oxygen atoms in total. The largest absolute Gasteiger partial charge is 0.177 e. The summed E-state index contributed by atoms with van der Waals surface area (Å²) in [5.41, 5.74) is 0. The summed E-state index contributed by atoms with van der Waals surface area (Å²) in [6.45, 7) is 6.49. The number of aromatic nitrogens is 4. The summed E-state index contributed by atoms with van der Waals surface area (Å²) in [5, 5.41) is 13.9. The van der Waals surface area contributed by atoms with Gasteiger partial charge in [0.05, 0.1) is 0 Å². The molecule has 0 aliphatic rings. The molecule has 2 unspecified atom stereocenters. The quantitative estimate of drug-likeness (QED) is 0.715. The first-order chi connectivity index (χ1) is 5.25. The summed E-state index contributed by atoms with van der Waals surface area (Å²) in [6.07, 6.45) is 1.15. The average Bonchev–Trinajstić information content (AvgIpc) is 2.53. The summed E-state index contributed by atoms with van der Waals surface area (Å²) in [7, 11) is 0. The highest BCUT2D eigenvalue weighted by Gasteiger charge is 2.15. The van der Waals surface area contributed by atoms with Crippen molar-refractivity contribution >= 4 is 0 Å². The van der Waals surface area contributed by atoms with Gasteiger partial charge in [0.25, 0.3) is 0 Å². The van der Waals surface area contributed by atoms with E-state index in [4.69, 9.17) is 0 Å². The minimum atomic E-state index is 0.402. The van der Waals surface area contributed by atoms with Crippen molar-refractivity contribution in [2.75, 3.05) is 0 Å². The number of rotatable bonds is 3. The molecule has 4 heteroatoms. The maximum absolute atomic E-state index is 3.94. The maximum atomic E-state index is 3.94. The summed E-state index contributed by atoms with van der Waals surface area (Å²) in [5.74, 6) is 1.84. The van der Waals surface area contributed by atoms with Gasteiger partial charge in [0.1, 0.15) is 0 Å². The Bertz CT molecular complexity index is 194. The predicted octanol–water partition coefficient (Wildman–Crippen LogP) is 1.35. The van der Waals surface area contributed by atoms with Crippen LogP contribution in [0.15, 0.2) is 0 Å². The molecule has 0 bridgehead atoms. The van der Waals surface area contributed by atoms with Gasteiger partial charge in [-0.1, -0.05) is 32.4 Å². The smallest absolute Gasteiger partial charge is 0.177 e. The molecule has 0 saturated heterocycles. The van der Waals surface area contributed by atoms with Gasteiger partial charge in [0, 0.05) is 5.92 Å². The first-order valence-corrected chi connectivity index (χ1v) is 3.99. The highest BCUT2D eigenvalue weighted by Crippen LogP contribution is 2.21. The number of aromatic amines is 1. The standard InChI is InChI=1S/C7H14N4/c1-4-5(2)6(3)7-8-10-11-9-7/h5-6H,4H2,1-3H3,(H,8,9,10,11). The van der Waals surface area contributed by atoms with Gasteiger partial charge in [0.15, 0.2) is 5.82 Å². The maximum Gasteiger partial charge on any atom is 0.177 e. The number of H-pyrrole nitrogens is 1. The lowest BCUT2D eigenvalue weighted by Gasteiger charge is -2.13. The van der Waals surface area contributed by atoms with Gasteiger partial charge in [-0.15, -0.1) is 10.2 Å². The zero-order valence-corrected chi connectivity index (χ0v) is 7.20. The second-order valence-electron chi connectivity index (χ2n) is 2.94. The van der Waals surface area contributed by atoms with Gasteiger partial charge in [-0.2, -0.15) is 5.21 Å². The van der Waals surface area contributed by atoms with E-state index in [2.05, 4.69) is 41.4 Å². The molecule has 0 aliphatic carbocycles. The Balaban J connectivity index is 2.62. The van der Waals surface area contributed by atoms with Crippen LogP contribution in [0.4, 0.5) is 0 Å². The first kappa shape index (κ1) is 8.17. The number of nitrogens with zero attached hydrogens (tertiary/aromatic N) is 3. The monoisotopic (exact) mass is 154 g/mol. The van der Waals surface area contributed by atoms with Crippen molar-refractivity contribution in [1.82, 2.24) is 20.6 Å². The highest BCUT2D eigenvalue weighted by molar-refractivity contribution is 4.89. The molecule has 11 heavy (non-hydrogen) atoms. The second-order valence-corrected chi connectivity index (χ2v) is 2.94. The first-order valence-electron chi connectivity index (χ1n) is 3.99. The van der Waals surface area contributed by atoms with E-state index >= 15 is 0 Å². The van der Waals surface area contributed by atoms with Crippen molar-refractivity contribution in [2.24, 2.45) is 5.92 Å². The number of tetrazole rings is 1. The number of hydrogen-bond acceptors (Lipinski definition) is 3.